The zero-order valence-corrected chi connectivity index (χ0v) is 14.8. The van der Waals surface area contributed by atoms with Gasteiger partial charge in [0.2, 0.25) is 5.91 Å². The summed E-state index contributed by atoms with van der Waals surface area (Å²) >= 11 is 0. The fraction of sp³-hybridized carbons (Fsp3) is 0.650. The monoisotopic (exact) mass is 330 g/mol. The number of aryl methyl sites for hydroxylation is 1. The molecule has 0 aromatic heterocycles. The van der Waals surface area contributed by atoms with Gasteiger partial charge < -0.3 is 9.64 Å². The maximum atomic E-state index is 12.6. The molecule has 3 rings (SSSR count). The molecule has 2 aliphatic rings. The van der Waals surface area contributed by atoms with Crippen molar-refractivity contribution in [3.05, 3.63) is 35.9 Å². The molecule has 2 fully saturated rings. The van der Waals surface area contributed by atoms with Crippen LogP contribution in [0.15, 0.2) is 30.3 Å². The quantitative estimate of drug-likeness (QED) is 0.832. The van der Waals surface area contributed by atoms with Crippen LogP contribution < -0.4 is 0 Å². The van der Waals surface area contributed by atoms with Crippen LogP contribution in [0.1, 0.15) is 31.7 Å². The van der Waals surface area contributed by atoms with Gasteiger partial charge in [-0.3, -0.25) is 9.69 Å². The molecule has 132 valence electrons. The second-order valence-corrected chi connectivity index (χ2v) is 7.12. The van der Waals surface area contributed by atoms with Crippen LogP contribution >= 0.6 is 0 Å². The average Bonchev–Trinajstić information content (AvgIpc) is 2.67. The van der Waals surface area contributed by atoms with Gasteiger partial charge in [0.15, 0.2) is 0 Å². The lowest BCUT2D eigenvalue weighted by Crippen LogP contribution is -2.52. The van der Waals surface area contributed by atoms with E-state index >= 15 is 0 Å². The van der Waals surface area contributed by atoms with Crippen molar-refractivity contribution in [2.24, 2.45) is 5.92 Å². The molecule has 24 heavy (non-hydrogen) atoms. The standard InChI is InChI=1S/C20H30N2O2/c1-17(20(23)22-13-15-24-16-14-22)21-11-9-19(10-12-21)8-7-18-5-3-2-4-6-18/h2-6,17,19H,7-16H2,1H3/t17-/m1/s1. The number of hydrogen-bond acceptors (Lipinski definition) is 3. The van der Waals surface area contributed by atoms with Gasteiger partial charge in [-0.15, -0.1) is 0 Å². The molecule has 0 aliphatic carbocycles. The number of carbonyl (C=O) groups excluding carboxylic acids is 1. The fourth-order valence-corrected chi connectivity index (χ4v) is 3.85. The van der Waals surface area contributed by atoms with Crippen molar-refractivity contribution in [3.63, 3.8) is 0 Å². The molecule has 0 spiro atoms. The molecular formula is C20H30N2O2. The topological polar surface area (TPSA) is 32.8 Å². The number of morpholine rings is 1. The summed E-state index contributed by atoms with van der Waals surface area (Å²) in [7, 11) is 0. The van der Waals surface area contributed by atoms with E-state index in [-0.39, 0.29) is 11.9 Å². The Balaban J connectivity index is 1.41. The van der Waals surface area contributed by atoms with Gasteiger partial charge in [-0.1, -0.05) is 30.3 Å². The summed E-state index contributed by atoms with van der Waals surface area (Å²) in [4.78, 5) is 17.0. The summed E-state index contributed by atoms with van der Waals surface area (Å²) < 4.78 is 5.35. The Hall–Kier alpha value is -1.39. The van der Waals surface area contributed by atoms with E-state index < -0.39 is 0 Å². The van der Waals surface area contributed by atoms with Crippen molar-refractivity contribution in [3.8, 4) is 0 Å². The first-order valence-corrected chi connectivity index (χ1v) is 9.38. The molecule has 2 heterocycles. The number of benzene rings is 1. The summed E-state index contributed by atoms with van der Waals surface area (Å²) in [5.41, 5.74) is 1.44. The largest absolute Gasteiger partial charge is 0.378 e. The minimum Gasteiger partial charge on any atom is -0.378 e. The van der Waals surface area contributed by atoms with Crippen molar-refractivity contribution in [2.75, 3.05) is 39.4 Å². The molecule has 1 amide bonds. The Bertz CT molecular complexity index is 506. The molecule has 0 bridgehead atoms. The van der Waals surface area contributed by atoms with Gasteiger partial charge in [0.25, 0.3) is 0 Å². The highest BCUT2D eigenvalue weighted by Gasteiger charge is 2.29. The van der Waals surface area contributed by atoms with Crippen molar-refractivity contribution < 1.29 is 9.53 Å². The molecule has 2 aliphatic heterocycles. The van der Waals surface area contributed by atoms with Crippen LogP contribution in [0, 0.1) is 5.92 Å². The van der Waals surface area contributed by atoms with Crippen molar-refractivity contribution in [1.82, 2.24) is 9.80 Å². The Morgan fingerprint density at radius 1 is 1.12 bits per heavy atom. The van der Waals surface area contributed by atoms with E-state index in [4.69, 9.17) is 4.74 Å². The molecule has 1 aromatic carbocycles. The summed E-state index contributed by atoms with van der Waals surface area (Å²) in [6.07, 6.45) is 4.87. The number of ether oxygens (including phenoxy) is 1. The van der Waals surface area contributed by atoms with Gasteiger partial charge in [-0.25, -0.2) is 0 Å². The zero-order chi connectivity index (χ0) is 16.8. The van der Waals surface area contributed by atoms with Crippen LogP contribution in [0.4, 0.5) is 0 Å². The Kier molecular flexibility index (Phi) is 6.27. The summed E-state index contributed by atoms with van der Waals surface area (Å²) in [6, 6.07) is 10.8. The van der Waals surface area contributed by atoms with E-state index in [1.807, 2.05) is 4.90 Å². The average molecular weight is 330 g/mol. The molecule has 0 saturated carbocycles. The fourth-order valence-electron chi connectivity index (χ4n) is 3.85. The Morgan fingerprint density at radius 3 is 2.46 bits per heavy atom. The third kappa shape index (κ3) is 4.58. The molecule has 2 saturated heterocycles. The van der Waals surface area contributed by atoms with Crippen LogP contribution in [0.2, 0.25) is 0 Å². The van der Waals surface area contributed by atoms with Crippen LogP contribution in [0.5, 0.6) is 0 Å². The van der Waals surface area contributed by atoms with Crippen LogP contribution in [-0.2, 0) is 16.0 Å². The number of carbonyl (C=O) groups is 1. The molecule has 1 aromatic rings. The summed E-state index contributed by atoms with van der Waals surface area (Å²) in [6.45, 7) is 7.03. The van der Waals surface area contributed by atoms with E-state index in [0.717, 1.165) is 32.1 Å². The first-order valence-electron chi connectivity index (χ1n) is 9.38. The lowest BCUT2D eigenvalue weighted by molar-refractivity contribution is -0.141. The predicted molar refractivity (Wildman–Crippen MR) is 95.9 cm³/mol. The number of hydrogen-bond donors (Lipinski definition) is 0. The lowest BCUT2D eigenvalue weighted by Gasteiger charge is -2.38. The van der Waals surface area contributed by atoms with E-state index in [9.17, 15) is 4.79 Å². The molecule has 4 heteroatoms. The molecule has 0 unspecified atom stereocenters. The van der Waals surface area contributed by atoms with E-state index in [1.165, 1.54) is 31.2 Å². The lowest BCUT2D eigenvalue weighted by atomic mass is 9.90. The van der Waals surface area contributed by atoms with Gasteiger partial charge in [0.05, 0.1) is 19.3 Å². The van der Waals surface area contributed by atoms with Crippen molar-refractivity contribution >= 4 is 5.91 Å². The molecule has 0 N–H and O–H groups in total. The van der Waals surface area contributed by atoms with Crippen molar-refractivity contribution in [2.45, 2.75) is 38.6 Å². The Labute approximate surface area is 145 Å². The zero-order valence-electron chi connectivity index (χ0n) is 14.8. The van der Waals surface area contributed by atoms with E-state index in [2.05, 4.69) is 42.2 Å². The first kappa shape index (κ1) is 17.4. The highest BCUT2D eigenvalue weighted by molar-refractivity contribution is 5.81. The SMILES string of the molecule is C[C@H](C(=O)N1CCOCC1)N1CCC(CCc2ccccc2)CC1. The third-order valence-electron chi connectivity index (χ3n) is 5.56. The summed E-state index contributed by atoms with van der Waals surface area (Å²) in [5, 5.41) is 0. The van der Waals surface area contributed by atoms with E-state index in [1.54, 1.807) is 0 Å². The van der Waals surface area contributed by atoms with Crippen LogP contribution in [0.25, 0.3) is 0 Å². The maximum Gasteiger partial charge on any atom is 0.239 e. The van der Waals surface area contributed by atoms with Crippen LogP contribution in [0.3, 0.4) is 0 Å². The smallest absolute Gasteiger partial charge is 0.239 e. The Morgan fingerprint density at radius 2 is 1.79 bits per heavy atom. The van der Waals surface area contributed by atoms with Crippen LogP contribution in [-0.4, -0.2) is 61.1 Å². The molecule has 1 atom stereocenters. The predicted octanol–water partition coefficient (Wildman–Crippen LogP) is 2.58. The van der Waals surface area contributed by atoms with Crippen molar-refractivity contribution in [1.29, 1.82) is 0 Å². The third-order valence-corrected chi connectivity index (χ3v) is 5.56. The number of piperidine rings is 1. The van der Waals surface area contributed by atoms with Gasteiger partial charge >= 0.3 is 0 Å². The first-order chi connectivity index (χ1) is 11.7. The second kappa shape index (κ2) is 8.63. The second-order valence-electron chi connectivity index (χ2n) is 7.12. The van der Waals surface area contributed by atoms with Gasteiger partial charge in [-0.2, -0.15) is 0 Å². The van der Waals surface area contributed by atoms with E-state index in [0.29, 0.717) is 13.2 Å². The van der Waals surface area contributed by atoms with Gasteiger partial charge in [-0.05, 0) is 57.2 Å². The number of nitrogens with zero attached hydrogens (tertiary/aromatic N) is 2. The van der Waals surface area contributed by atoms with Gasteiger partial charge in [0.1, 0.15) is 0 Å². The number of likely N-dealkylation sites (tertiary alicyclic amines) is 1. The van der Waals surface area contributed by atoms with Gasteiger partial charge in [0, 0.05) is 13.1 Å². The minimum atomic E-state index is 0.0122. The summed E-state index contributed by atoms with van der Waals surface area (Å²) in [5.74, 6) is 1.08. The normalized spacial score (nSPS) is 21.6. The highest BCUT2D eigenvalue weighted by Crippen LogP contribution is 2.24. The number of amides is 1. The minimum absolute atomic E-state index is 0.0122. The number of rotatable bonds is 5. The molecule has 4 nitrogen and oxygen atoms in total. The highest BCUT2D eigenvalue weighted by atomic mass is 16.5. The maximum absolute atomic E-state index is 12.6. The molecular weight excluding hydrogens is 300 g/mol. The molecule has 0 radical (unpaired) electrons.